The second kappa shape index (κ2) is 3.53. The first-order chi connectivity index (χ1) is 5.25. The van der Waals surface area contributed by atoms with Crippen molar-refractivity contribution in [2.75, 3.05) is 0 Å². The summed E-state index contributed by atoms with van der Waals surface area (Å²) in [6.45, 7) is 4.33. The Morgan fingerprint density at radius 1 is 1.27 bits per heavy atom. The summed E-state index contributed by atoms with van der Waals surface area (Å²) in [6, 6.07) is 6.43. The van der Waals surface area contributed by atoms with Gasteiger partial charge in [-0.15, -0.1) is 5.70 Å². The molecular formula is C10H14Si. The van der Waals surface area contributed by atoms with Gasteiger partial charge in [0, 0.05) is 10.2 Å². The lowest BCUT2D eigenvalue weighted by atomic mass is 10.0. The van der Waals surface area contributed by atoms with Crippen LogP contribution >= 0.6 is 0 Å². The lowest BCUT2D eigenvalue weighted by Gasteiger charge is -2.02. The van der Waals surface area contributed by atoms with E-state index >= 15 is 0 Å². The summed E-state index contributed by atoms with van der Waals surface area (Å²) in [5.41, 5.74) is 6.35. The normalized spacial score (nSPS) is 11.1. The molecule has 1 rings (SSSR count). The van der Waals surface area contributed by atoms with Crippen LogP contribution in [0.5, 0.6) is 0 Å². The average molecular weight is 162 g/mol. The van der Waals surface area contributed by atoms with Crippen molar-refractivity contribution >= 4 is 16.3 Å². The van der Waals surface area contributed by atoms with E-state index in [1.54, 1.807) is 0 Å². The molecule has 1 aromatic rings. The van der Waals surface area contributed by atoms with Crippen molar-refractivity contribution in [3.63, 3.8) is 0 Å². The lowest BCUT2D eigenvalue weighted by molar-refractivity contribution is 1.33. The van der Waals surface area contributed by atoms with E-state index in [1.807, 2.05) is 0 Å². The Balaban J connectivity index is 3.16. The first-order valence-electron chi connectivity index (χ1n) is 3.94. The summed E-state index contributed by atoms with van der Waals surface area (Å²) in [6.07, 6.45) is 2.20. The van der Waals surface area contributed by atoms with Gasteiger partial charge in [0.25, 0.3) is 0 Å². The minimum absolute atomic E-state index is 1.14. The van der Waals surface area contributed by atoms with Gasteiger partial charge >= 0.3 is 0 Å². The summed E-state index contributed by atoms with van der Waals surface area (Å²) < 4.78 is 0. The molecule has 1 aromatic carbocycles. The minimum atomic E-state index is 1.14. The fourth-order valence-corrected chi connectivity index (χ4v) is 1.49. The highest BCUT2D eigenvalue weighted by Gasteiger charge is 1.94. The molecule has 0 nitrogen and oxygen atoms in total. The fraction of sp³-hybridized carbons (Fsp3) is 0.200. The van der Waals surface area contributed by atoms with Crippen LogP contribution in [0.3, 0.4) is 0 Å². The van der Waals surface area contributed by atoms with Crippen LogP contribution in [0.1, 0.15) is 16.7 Å². The smallest absolute Gasteiger partial charge is 0.0291 e. The second-order valence-electron chi connectivity index (χ2n) is 2.79. The largest absolute Gasteiger partial charge is 0.105 e. The molecule has 0 amide bonds. The van der Waals surface area contributed by atoms with Crippen molar-refractivity contribution in [3.8, 4) is 0 Å². The number of aryl methyl sites for hydroxylation is 1. The molecule has 0 saturated heterocycles. The topological polar surface area (TPSA) is 0 Å². The minimum Gasteiger partial charge on any atom is -0.105 e. The highest BCUT2D eigenvalue weighted by atomic mass is 28.1. The van der Waals surface area contributed by atoms with Gasteiger partial charge in [-0.1, -0.05) is 24.3 Å². The van der Waals surface area contributed by atoms with Crippen molar-refractivity contribution in [1.82, 2.24) is 0 Å². The van der Waals surface area contributed by atoms with Gasteiger partial charge < -0.3 is 0 Å². The molecule has 0 aliphatic rings. The zero-order chi connectivity index (χ0) is 8.27. The summed E-state index contributed by atoms with van der Waals surface area (Å²) in [4.78, 5) is 0. The van der Waals surface area contributed by atoms with Gasteiger partial charge in [-0.05, 0) is 30.5 Å². The first-order valence-corrected chi connectivity index (χ1v) is 5.10. The molecule has 1 heteroatoms. The number of rotatable bonds is 1. The van der Waals surface area contributed by atoms with Crippen LogP contribution in [0.4, 0.5) is 0 Å². The summed E-state index contributed by atoms with van der Waals surface area (Å²) >= 11 is 0. The number of hydrogen-bond donors (Lipinski definition) is 0. The highest BCUT2D eigenvalue weighted by molar-refractivity contribution is 6.19. The van der Waals surface area contributed by atoms with Gasteiger partial charge in [-0.25, -0.2) is 0 Å². The van der Waals surface area contributed by atoms with Crippen molar-refractivity contribution in [2.24, 2.45) is 0 Å². The van der Waals surface area contributed by atoms with E-state index in [9.17, 15) is 0 Å². The van der Waals surface area contributed by atoms with E-state index in [0.29, 0.717) is 0 Å². The molecule has 0 spiro atoms. The molecule has 0 atom stereocenters. The van der Waals surface area contributed by atoms with Gasteiger partial charge in [-0.2, -0.15) is 0 Å². The molecule has 0 unspecified atom stereocenters. The zero-order valence-corrected chi connectivity index (χ0v) is 9.39. The van der Waals surface area contributed by atoms with E-state index in [1.165, 1.54) is 16.7 Å². The molecule has 0 aliphatic carbocycles. The molecule has 58 valence electrons. The van der Waals surface area contributed by atoms with Crippen LogP contribution in [-0.2, 0) is 0 Å². The van der Waals surface area contributed by atoms with Crippen LogP contribution in [0.25, 0.3) is 6.08 Å². The molecule has 11 heavy (non-hydrogen) atoms. The van der Waals surface area contributed by atoms with Gasteiger partial charge in [-0.3, -0.25) is 0 Å². The maximum absolute atomic E-state index is 2.21. The molecule has 0 bridgehead atoms. The summed E-state index contributed by atoms with van der Waals surface area (Å²) in [7, 11) is 1.14. The van der Waals surface area contributed by atoms with Gasteiger partial charge in [0.2, 0.25) is 0 Å². The summed E-state index contributed by atoms with van der Waals surface area (Å²) in [5, 5.41) is 0. The average Bonchev–Trinajstić information content (AvgIpc) is 1.99. The van der Waals surface area contributed by atoms with Crippen LogP contribution < -0.4 is 0 Å². The first kappa shape index (κ1) is 8.28. The Morgan fingerprint density at radius 2 is 2.00 bits per heavy atom. The van der Waals surface area contributed by atoms with Gasteiger partial charge in [0.1, 0.15) is 0 Å². The monoisotopic (exact) mass is 162 g/mol. The van der Waals surface area contributed by atoms with Crippen LogP contribution in [-0.4, -0.2) is 10.2 Å². The van der Waals surface area contributed by atoms with E-state index in [-0.39, 0.29) is 0 Å². The van der Waals surface area contributed by atoms with E-state index in [4.69, 9.17) is 0 Å². The third-order valence-corrected chi connectivity index (χ3v) is 2.33. The second-order valence-corrected chi connectivity index (χ2v) is 3.46. The molecular weight excluding hydrogens is 148 g/mol. The predicted molar refractivity (Wildman–Crippen MR) is 54.9 cm³/mol. The Bertz CT molecular complexity index is 274. The standard InChI is InChI=1S/C10H14Si/c1-8-4-3-5-10(6-7-11)9(8)2/h3-7H,1-2,11H3. The lowest BCUT2D eigenvalue weighted by Crippen LogP contribution is -1.84. The third kappa shape index (κ3) is 1.81. The Morgan fingerprint density at radius 3 is 2.64 bits per heavy atom. The molecule has 0 aromatic heterocycles. The molecule has 0 heterocycles. The number of hydrogen-bond acceptors (Lipinski definition) is 0. The highest BCUT2D eigenvalue weighted by Crippen LogP contribution is 2.13. The molecule has 0 N–H and O–H groups in total. The van der Waals surface area contributed by atoms with E-state index < -0.39 is 0 Å². The molecule has 0 saturated carbocycles. The van der Waals surface area contributed by atoms with Crippen LogP contribution in [0, 0.1) is 13.8 Å². The van der Waals surface area contributed by atoms with Crippen molar-refractivity contribution in [1.29, 1.82) is 0 Å². The summed E-state index contributed by atoms with van der Waals surface area (Å²) in [5.74, 6) is 0. The van der Waals surface area contributed by atoms with Crippen LogP contribution in [0.2, 0.25) is 0 Å². The van der Waals surface area contributed by atoms with Gasteiger partial charge in [0.05, 0.1) is 0 Å². The fourth-order valence-electron chi connectivity index (χ4n) is 1.13. The Kier molecular flexibility index (Phi) is 2.66. The maximum Gasteiger partial charge on any atom is 0.0291 e. The van der Waals surface area contributed by atoms with Crippen molar-refractivity contribution in [2.45, 2.75) is 13.8 Å². The van der Waals surface area contributed by atoms with Crippen molar-refractivity contribution < 1.29 is 0 Å². The van der Waals surface area contributed by atoms with E-state index in [2.05, 4.69) is 43.8 Å². The van der Waals surface area contributed by atoms with Gasteiger partial charge in [0.15, 0.2) is 0 Å². The number of benzene rings is 1. The quantitative estimate of drug-likeness (QED) is 0.551. The Labute approximate surface area is 71.4 Å². The Hall–Kier alpha value is -0.823. The third-order valence-electron chi connectivity index (χ3n) is 1.99. The van der Waals surface area contributed by atoms with Crippen LogP contribution in [0.15, 0.2) is 23.9 Å². The molecule has 0 radical (unpaired) electrons. The molecule has 0 fully saturated rings. The molecule has 0 aliphatic heterocycles. The predicted octanol–water partition coefficient (Wildman–Crippen LogP) is 1.64. The maximum atomic E-state index is 2.21. The van der Waals surface area contributed by atoms with Crippen molar-refractivity contribution in [3.05, 3.63) is 40.6 Å². The SMILES string of the molecule is Cc1cccc(C=C[SiH3])c1C. The zero-order valence-electron chi connectivity index (χ0n) is 7.39. The van der Waals surface area contributed by atoms with E-state index in [0.717, 1.165) is 10.2 Å².